The van der Waals surface area contributed by atoms with E-state index in [9.17, 15) is 8.42 Å². The first kappa shape index (κ1) is 13.8. The van der Waals surface area contributed by atoms with E-state index in [1.54, 1.807) is 24.3 Å². The number of hydrogen-bond acceptors (Lipinski definition) is 3. The third-order valence-electron chi connectivity index (χ3n) is 3.85. The first-order chi connectivity index (χ1) is 9.68. The highest BCUT2D eigenvalue weighted by atomic mass is 32.2. The summed E-state index contributed by atoms with van der Waals surface area (Å²) in [5, 5.41) is 0. The lowest BCUT2D eigenvalue weighted by atomic mass is 10.3. The van der Waals surface area contributed by atoms with E-state index in [1.165, 1.54) is 17.1 Å². The first-order valence-electron chi connectivity index (χ1n) is 7.07. The Balaban J connectivity index is 1.78. The van der Waals surface area contributed by atoms with Crippen LogP contribution in [0.5, 0.6) is 0 Å². The zero-order valence-electron chi connectivity index (χ0n) is 11.3. The zero-order valence-corrected chi connectivity index (χ0v) is 12.1. The molecule has 0 aromatic heterocycles. The van der Waals surface area contributed by atoms with Gasteiger partial charge in [0, 0.05) is 6.54 Å². The third kappa shape index (κ3) is 2.66. The Morgan fingerprint density at radius 1 is 1.10 bits per heavy atom. The molecule has 1 aromatic carbocycles. The van der Waals surface area contributed by atoms with Gasteiger partial charge in [-0.05, 0) is 31.1 Å². The van der Waals surface area contributed by atoms with Crippen LogP contribution in [0.15, 0.2) is 47.4 Å². The van der Waals surface area contributed by atoms with E-state index in [1.807, 2.05) is 18.2 Å². The minimum absolute atomic E-state index is 0.191. The molecule has 0 amide bonds. The molecule has 0 bridgehead atoms. The van der Waals surface area contributed by atoms with E-state index in [-0.39, 0.29) is 6.10 Å². The van der Waals surface area contributed by atoms with Crippen molar-refractivity contribution in [1.29, 1.82) is 0 Å². The van der Waals surface area contributed by atoms with Gasteiger partial charge in [-0.2, -0.15) is 4.31 Å². The van der Waals surface area contributed by atoms with Gasteiger partial charge in [0.15, 0.2) is 0 Å². The average molecular weight is 293 g/mol. The summed E-state index contributed by atoms with van der Waals surface area (Å²) in [4.78, 5) is 0.323. The molecule has 2 aliphatic rings. The summed E-state index contributed by atoms with van der Waals surface area (Å²) in [6, 6.07) is 8.54. The molecule has 5 heteroatoms. The highest BCUT2D eigenvalue weighted by Crippen LogP contribution is 2.28. The van der Waals surface area contributed by atoms with Crippen molar-refractivity contribution < 1.29 is 13.2 Å². The third-order valence-corrected chi connectivity index (χ3v) is 5.70. The smallest absolute Gasteiger partial charge is 0.245 e. The Labute approximate surface area is 120 Å². The first-order valence-corrected chi connectivity index (χ1v) is 8.51. The van der Waals surface area contributed by atoms with Crippen molar-refractivity contribution in [3.63, 3.8) is 0 Å². The monoisotopic (exact) mass is 293 g/mol. The molecule has 20 heavy (non-hydrogen) atoms. The van der Waals surface area contributed by atoms with E-state index in [0.717, 1.165) is 12.8 Å². The van der Waals surface area contributed by atoms with Crippen LogP contribution in [0.2, 0.25) is 0 Å². The van der Waals surface area contributed by atoms with Crippen molar-refractivity contribution >= 4 is 10.0 Å². The molecule has 1 unspecified atom stereocenters. The molecule has 1 aromatic rings. The summed E-state index contributed by atoms with van der Waals surface area (Å²) in [5.74, 6) is 0. The molecule has 1 aliphatic carbocycles. The molecule has 0 N–H and O–H groups in total. The SMILES string of the molecule is O=S(=O)(c1ccccc1)N1CC=CC1OC1CCCC1. The lowest BCUT2D eigenvalue weighted by molar-refractivity contribution is -0.0278. The lowest BCUT2D eigenvalue weighted by Crippen LogP contribution is -2.39. The maximum Gasteiger partial charge on any atom is 0.245 e. The van der Waals surface area contributed by atoms with Crippen LogP contribution in [0.3, 0.4) is 0 Å². The normalized spacial score (nSPS) is 24.5. The Kier molecular flexibility index (Phi) is 3.92. The molecule has 1 aliphatic heterocycles. The molecule has 0 radical (unpaired) electrons. The predicted octanol–water partition coefficient (Wildman–Crippen LogP) is 2.53. The number of ether oxygens (including phenoxy) is 1. The van der Waals surface area contributed by atoms with Crippen molar-refractivity contribution in [3.8, 4) is 0 Å². The minimum Gasteiger partial charge on any atom is -0.355 e. The Morgan fingerprint density at radius 3 is 2.50 bits per heavy atom. The van der Waals surface area contributed by atoms with Gasteiger partial charge >= 0.3 is 0 Å². The molecule has 0 spiro atoms. The Morgan fingerprint density at radius 2 is 1.80 bits per heavy atom. The average Bonchev–Trinajstić information content (AvgIpc) is 3.12. The Hall–Kier alpha value is -1.17. The highest BCUT2D eigenvalue weighted by molar-refractivity contribution is 7.89. The summed E-state index contributed by atoms with van der Waals surface area (Å²) in [6.07, 6.45) is 7.85. The van der Waals surface area contributed by atoms with Crippen molar-refractivity contribution in [2.75, 3.05) is 6.54 Å². The number of sulfonamides is 1. The fourth-order valence-corrected chi connectivity index (χ4v) is 4.23. The number of hydrogen-bond donors (Lipinski definition) is 0. The number of rotatable bonds is 4. The second kappa shape index (κ2) is 5.68. The fourth-order valence-electron chi connectivity index (χ4n) is 2.78. The van der Waals surface area contributed by atoms with Crippen LogP contribution in [0.4, 0.5) is 0 Å². The quantitative estimate of drug-likeness (QED) is 0.801. The minimum atomic E-state index is -3.48. The van der Waals surface area contributed by atoms with Crippen molar-refractivity contribution in [3.05, 3.63) is 42.5 Å². The summed E-state index contributed by atoms with van der Waals surface area (Å²) in [7, 11) is -3.48. The van der Waals surface area contributed by atoms with Gasteiger partial charge in [-0.25, -0.2) is 8.42 Å². The number of nitrogens with zero attached hydrogens (tertiary/aromatic N) is 1. The standard InChI is InChI=1S/C15H19NO3S/c17-20(18,14-9-2-1-3-10-14)16-12-6-11-15(16)19-13-7-4-5-8-13/h1-3,6,9-11,13,15H,4-5,7-8,12H2. The maximum absolute atomic E-state index is 12.6. The second-order valence-corrected chi connectivity index (χ2v) is 7.14. The van der Waals surface area contributed by atoms with Gasteiger partial charge in [-0.3, -0.25) is 0 Å². The van der Waals surface area contributed by atoms with E-state index >= 15 is 0 Å². The van der Waals surface area contributed by atoms with Crippen molar-refractivity contribution in [2.45, 2.75) is 42.9 Å². The van der Waals surface area contributed by atoms with Crippen LogP contribution in [-0.4, -0.2) is 31.6 Å². The Bertz CT molecular complexity index is 576. The predicted molar refractivity (Wildman–Crippen MR) is 76.6 cm³/mol. The van der Waals surface area contributed by atoms with Crippen LogP contribution in [0.25, 0.3) is 0 Å². The van der Waals surface area contributed by atoms with Gasteiger partial charge < -0.3 is 4.74 Å². The van der Waals surface area contributed by atoms with Gasteiger partial charge in [0.2, 0.25) is 10.0 Å². The van der Waals surface area contributed by atoms with E-state index < -0.39 is 16.3 Å². The van der Waals surface area contributed by atoms with Crippen LogP contribution in [0.1, 0.15) is 25.7 Å². The summed E-state index contributed by atoms with van der Waals surface area (Å²) in [5.41, 5.74) is 0. The van der Waals surface area contributed by atoms with Crippen molar-refractivity contribution in [1.82, 2.24) is 4.31 Å². The lowest BCUT2D eigenvalue weighted by Gasteiger charge is -2.26. The van der Waals surface area contributed by atoms with Crippen molar-refractivity contribution in [2.24, 2.45) is 0 Å². The van der Waals surface area contributed by atoms with Crippen LogP contribution in [-0.2, 0) is 14.8 Å². The highest BCUT2D eigenvalue weighted by Gasteiger charge is 2.34. The van der Waals surface area contributed by atoms with Crippen LogP contribution < -0.4 is 0 Å². The van der Waals surface area contributed by atoms with Gasteiger partial charge in [-0.1, -0.05) is 37.1 Å². The summed E-state index contributed by atoms with van der Waals surface area (Å²) >= 11 is 0. The molecule has 1 atom stereocenters. The maximum atomic E-state index is 12.6. The number of benzene rings is 1. The van der Waals surface area contributed by atoms with Gasteiger partial charge in [-0.15, -0.1) is 0 Å². The molecule has 3 rings (SSSR count). The molecule has 1 saturated carbocycles. The molecule has 4 nitrogen and oxygen atoms in total. The molecule has 108 valence electrons. The zero-order chi connectivity index (χ0) is 14.0. The van der Waals surface area contributed by atoms with Gasteiger partial charge in [0.05, 0.1) is 11.0 Å². The van der Waals surface area contributed by atoms with E-state index in [4.69, 9.17) is 4.74 Å². The molecule has 1 fully saturated rings. The largest absolute Gasteiger partial charge is 0.355 e. The van der Waals surface area contributed by atoms with E-state index in [0.29, 0.717) is 11.4 Å². The van der Waals surface area contributed by atoms with Crippen LogP contribution in [0, 0.1) is 0 Å². The summed E-state index contributed by atoms with van der Waals surface area (Å²) < 4.78 is 32.6. The molecular weight excluding hydrogens is 274 g/mol. The van der Waals surface area contributed by atoms with E-state index in [2.05, 4.69) is 0 Å². The molecule has 1 heterocycles. The summed E-state index contributed by atoms with van der Waals surface area (Å²) in [6.45, 7) is 0.384. The molecular formula is C15H19NO3S. The fraction of sp³-hybridized carbons (Fsp3) is 0.467. The second-order valence-electron chi connectivity index (χ2n) is 5.25. The topological polar surface area (TPSA) is 46.6 Å². The van der Waals surface area contributed by atoms with Gasteiger partial charge in [0.25, 0.3) is 0 Å². The van der Waals surface area contributed by atoms with Gasteiger partial charge in [0.1, 0.15) is 6.23 Å². The molecule has 0 saturated heterocycles. The van der Waals surface area contributed by atoms with Crippen LogP contribution >= 0.6 is 0 Å².